The maximum Gasteiger partial charge on any atom is 0.258 e. The fourth-order valence-corrected chi connectivity index (χ4v) is 3.05. The summed E-state index contributed by atoms with van der Waals surface area (Å²) in [5, 5.41) is 5.48. The molecular formula is C19H23N5O2. The van der Waals surface area contributed by atoms with Crippen LogP contribution in [0.5, 0.6) is 0 Å². The van der Waals surface area contributed by atoms with E-state index in [0.29, 0.717) is 28.8 Å². The Hall–Kier alpha value is -2.96. The standard InChI is InChI=1S/C19H23N5O2/c1-13-5-4-8-24(12-13)19-20-10-15(11-21-19)18(26)23-17-7-3-6-16(9-17)22-14(2)25/h3,6-7,9-11,13H,4-5,8,12H2,1-2H3,(H,22,25)(H,23,26). The van der Waals surface area contributed by atoms with Crippen LogP contribution >= 0.6 is 0 Å². The molecule has 7 nitrogen and oxygen atoms in total. The highest BCUT2D eigenvalue weighted by Crippen LogP contribution is 2.20. The van der Waals surface area contributed by atoms with Gasteiger partial charge in [-0.25, -0.2) is 9.97 Å². The number of hydrogen-bond donors (Lipinski definition) is 2. The van der Waals surface area contributed by atoms with Crippen LogP contribution < -0.4 is 15.5 Å². The van der Waals surface area contributed by atoms with Crippen molar-refractivity contribution in [1.82, 2.24) is 9.97 Å². The van der Waals surface area contributed by atoms with Crippen LogP contribution in [0.2, 0.25) is 0 Å². The number of piperidine rings is 1. The van der Waals surface area contributed by atoms with E-state index in [1.165, 1.54) is 13.3 Å². The molecule has 26 heavy (non-hydrogen) atoms. The summed E-state index contributed by atoms with van der Waals surface area (Å²) in [7, 11) is 0. The Kier molecular flexibility index (Phi) is 5.46. The molecule has 2 heterocycles. The number of nitrogens with zero attached hydrogens (tertiary/aromatic N) is 3. The van der Waals surface area contributed by atoms with Crippen molar-refractivity contribution in [3.8, 4) is 0 Å². The van der Waals surface area contributed by atoms with Gasteiger partial charge in [0.15, 0.2) is 0 Å². The quantitative estimate of drug-likeness (QED) is 0.882. The van der Waals surface area contributed by atoms with Crippen molar-refractivity contribution in [2.24, 2.45) is 5.92 Å². The molecular weight excluding hydrogens is 330 g/mol. The first kappa shape index (κ1) is 17.8. The number of aromatic nitrogens is 2. The van der Waals surface area contributed by atoms with Crippen LogP contribution in [0.25, 0.3) is 0 Å². The van der Waals surface area contributed by atoms with Crippen molar-refractivity contribution >= 4 is 29.1 Å². The molecule has 0 radical (unpaired) electrons. The molecule has 136 valence electrons. The van der Waals surface area contributed by atoms with Crippen LogP contribution in [0.15, 0.2) is 36.7 Å². The first-order valence-electron chi connectivity index (χ1n) is 8.77. The number of hydrogen-bond acceptors (Lipinski definition) is 5. The monoisotopic (exact) mass is 353 g/mol. The molecule has 1 saturated heterocycles. The zero-order valence-electron chi connectivity index (χ0n) is 15.0. The van der Waals surface area contributed by atoms with Crippen LogP contribution in [-0.4, -0.2) is 34.9 Å². The molecule has 1 aromatic heterocycles. The average molecular weight is 353 g/mol. The van der Waals surface area contributed by atoms with E-state index >= 15 is 0 Å². The van der Waals surface area contributed by atoms with Gasteiger partial charge in [0, 0.05) is 43.8 Å². The third kappa shape index (κ3) is 4.56. The highest BCUT2D eigenvalue weighted by atomic mass is 16.2. The van der Waals surface area contributed by atoms with Gasteiger partial charge in [-0.2, -0.15) is 0 Å². The molecule has 0 aliphatic carbocycles. The second-order valence-corrected chi connectivity index (χ2v) is 6.68. The van der Waals surface area contributed by atoms with Gasteiger partial charge in [-0.15, -0.1) is 0 Å². The van der Waals surface area contributed by atoms with Crippen molar-refractivity contribution < 1.29 is 9.59 Å². The molecule has 1 aliphatic rings. The summed E-state index contributed by atoms with van der Waals surface area (Å²) in [6.45, 7) is 5.56. The van der Waals surface area contributed by atoms with Gasteiger partial charge in [-0.1, -0.05) is 13.0 Å². The molecule has 0 saturated carbocycles. The normalized spacial score (nSPS) is 16.8. The molecule has 0 bridgehead atoms. The molecule has 1 aliphatic heterocycles. The van der Waals surface area contributed by atoms with E-state index < -0.39 is 0 Å². The summed E-state index contributed by atoms with van der Waals surface area (Å²) < 4.78 is 0. The Morgan fingerprint density at radius 3 is 2.50 bits per heavy atom. The van der Waals surface area contributed by atoms with Crippen molar-refractivity contribution in [2.45, 2.75) is 26.7 Å². The lowest BCUT2D eigenvalue weighted by atomic mass is 10.0. The van der Waals surface area contributed by atoms with E-state index in [4.69, 9.17) is 0 Å². The van der Waals surface area contributed by atoms with Crippen molar-refractivity contribution in [3.63, 3.8) is 0 Å². The highest BCUT2D eigenvalue weighted by molar-refractivity contribution is 6.04. The van der Waals surface area contributed by atoms with Crippen molar-refractivity contribution in [2.75, 3.05) is 28.6 Å². The second-order valence-electron chi connectivity index (χ2n) is 6.68. The molecule has 1 unspecified atom stereocenters. The second kappa shape index (κ2) is 7.95. The summed E-state index contributed by atoms with van der Waals surface area (Å²) in [4.78, 5) is 34.4. The predicted octanol–water partition coefficient (Wildman–Crippen LogP) is 2.92. The topological polar surface area (TPSA) is 87.2 Å². The van der Waals surface area contributed by atoms with Gasteiger partial charge in [0.05, 0.1) is 5.56 Å². The van der Waals surface area contributed by atoms with Crippen LogP contribution in [0, 0.1) is 5.92 Å². The summed E-state index contributed by atoms with van der Waals surface area (Å²) in [6.07, 6.45) is 5.47. The maximum atomic E-state index is 12.4. The molecule has 2 amide bonds. The number of benzene rings is 1. The summed E-state index contributed by atoms with van der Waals surface area (Å²) in [5.74, 6) is 0.847. The van der Waals surface area contributed by atoms with Gasteiger partial charge < -0.3 is 15.5 Å². The van der Waals surface area contributed by atoms with E-state index in [1.54, 1.807) is 36.7 Å². The maximum absolute atomic E-state index is 12.4. The van der Waals surface area contributed by atoms with Crippen LogP contribution in [0.3, 0.4) is 0 Å². The third-order valence-corrected chi connectivity index (χ3v) is 4.28. The van der Waals surface area contributed by atoms with Crippen LogP contribution in [-0.2, 0) is 4.79 Å². The van der Waals surface area contributed by atoms with E-state index in [1.807, 2.05) is 0 Å². The van der Waals surface area contributed by atoms with Gasteiger partial charge in [-0.3, -0.25) is 9.59 Å². The number of carbonyl (C=O) groups excluding carboxylic acids is 2. The minimum absolute atomic E-state index is 0.163. The van der Waals surface area contributed by atoms with Gasteiger partial charge in [0.25, 0.3) is 5.91 Å². The molecule has 2 aromatic rings. The van der Waals surface area contributed by atoms with Gasteiger partial charge in [0.1, 0.15) is 0 Å². The van der Waals surface area contributed by atoms with E-state index in [9.17, 15) is 9.59 Å². The van der Waals surface area contributed by atoms with E-state index in [-0.39, 0.29) is 11.8 Å². The molecule has 1 fully saturated rings. The van der Waals surface area contributed by atoms with E-state index in [0.717, 1.165) is 19.5 Å². The third-order valence-electron chi connectivity index (χ3n) is 4.28. The van der Waals surface area contributed by atoms with Crippen molar-refractivity contribution in [1.29, 1.82) is 0 Å². The molecule has 1 aromatic carbocycles. The van der Waals surface area contributed by atoms with Crippen LogP contribution in [0.4, 0.5) is 17.3 Å². The number of anilines is 3. The minimum atomic E-state index is -0.288. The van der Waals surface area contributed by atoms with E-state index in [2.05, 4.69) is 32.4 Å². The number of carbonyl (C=O) groups is 2. The molecule has 3 rings (SSSR count). The fourth-order valence-electron chi connectivity index (χ4n) is 3.05. The Morgan fingerprint density at radius 2 is 1.85 bits per heavy atom. The Bertz CT molecular complexity index is 791. The van der Waals surface area contributed by atoms with Crippen LogP contribution in [0.1, 0.15) is 37.0 Å². The lowest BCUT2D eigenvalue weighted by molar-refractivity contribution is -0.114. The summed E-state index contributed by atoms with van der Waals surface area (Å²) >= 11 is 0. The fraction of sp³-hybridized carbons (Fsp3) is 0.368. The number of amides is 2. The summed E-state index contributed by atoms with van der Waals surface area (Å²) in [5.41, 5.74) is 1.61. The lowest BCUT2D eigenvalue weighted by Crippen LogP contribution is -2.35. The first-order chi connectivity index (χ1) is 12.5. The largest absolute Gasteiger partial charge is 0.341 e. The lowest BCUT2D eigenvalue weighted by Gasteiger charge is -2.30. The molecule has 1 atom stereocenters. The Balaban J connectivity index is 1.65. The number of nitrogens with one attached hydrogen (secondary N) is 2. The zero-order valence-corrected chi connectivity index (χ0v) is 15.0. The first-order valence-corrected chi connectivity index (χ1v) is 8.77. The number of rotatable bonds is 4. The predicted molar refractivity (Wildman–Crippen MR) is 101 cm³/mol. The molecule has 0 spiro atoms. The van der Waals surface area contributed by atoms with Gasteiger partial charge >= 0.3 is 0 Å². The van der Waals surface area contributed by atoms with Gasteiger partial charge in [-0.05, 0) is 37.0 Å². The summed E-state index contributed by atoms with van der Waals surface area (Å²) in [6, 6.07) is 6.98. The minimum Gasteiger partial charge on any atom is -0.341 e. The molecule has 7 heteroatoms. The average Bonchev–Trinajstić information content (AvgIpc) is 2.61. The molecule has 2 N–H and O–H groups in total. The van der Waals surface area contributed by atoms with Crippen molar-refractivity contribution in [3.05, 3.63) is 42.2 Å². The highest BCUT2D eigenvalue weighted by Gasteiger charge is 2.19. The SMILES string of the molecule is CC(=O)Nc1cccc(NC(=O)c2cnc(N3CCCC(C)C3)nc2)c1. The van der Waals surface area contributed by atoms with Gasteiger partial charge in [0.2, 0.25) is 11.9 Å². The Labute approximate surface area is 152 Å². The smallest absolute Gasteiger partial charge is 0.258 e. The zero-order chi connectivity index (χ0) is 18.5. The Morgan fingerprint density at radius 1 is 1.15 bits per heavy atom.